The fourth-order valence-electron chi connectivity index (χ4n) is 2.01. The minimum absolute atomic E-state index is 0.0192. The number of thiophene rings is 1. The Kier molecular flexibility index (Phi) is 3.69. The highest BCUT2D eigenvalue weighted by Crippen LogP contribution is 2.25. The van der Waals surface area contributed by atoms with E-state index in [1.807, 2.05) is 4.83 Å². The molecule has 22 heavy (non-hydrogen) atoms. The van der Waals surface area contributed by atoms with Crippen molar-refractivity contribution in [1.82, 2.24) is 10.3 Å². The standard InChI is InChI=1S/C13H11N3O4S2/c17-12-7-8-6-9(3-4-10(8)14-12)22(19,20)16-15-13(18)11-2-1-5-21-11/h1-6,16H,7H2,(H,14,17)(H,15,18). The lowest BCUT2D eigenvalue weighted by molar-refractivity contribution is -0.115. The van der Waals surface area contributed by atoms with E-state index >= 15 is 0 Å². The Balaban J connectivity index is 1.75. The van der Waals surface area contributed by atoms with Gasteiger partial charge in [-0.3, -0.25) is 15.0 Å². The number of carbonyl (C=O) groups excluding carboxylic acids is 2. The van der Waals surface area contributed by atoms with Crippen molar-refractivity contribution >= 4 is 38.9 Å². The van der Waals surface area contributed by atoms with E-state index in [4.69, 9.17) is 0 Å². The molecular weight excluding hydrogens is 326 g/mol. The molecule has 7 nitrogen and oxygen atoms in total. The number of hydrazine groups is 1. The lowest BCUT2D eigenvalue weighted by Gasteiger charge is -2.08. The van der Waals surface area contributed by atoms with E-state index in [-0.39, 0.29) is 17.2 Å². The van der Waals surface area contributed by atoms with E-state index in [0.29, 0.717) is 16.1 Å². The second kappa shape index (κ2) is 5.52. The molecule has 0 bridgehead atoms. The maximum Gasteiger partial charge on any atom is 0.276 e. The van der Waals surface area contributed by atoms with Gasteiger partial charge < -0.3 is 5.32 Å². The zero-order valence-electron chi connectivity index (χ0n) is 11.1. The summed E-state index contributed by atoms with van der Waals surface area (Å²) < 4.78 is 24.3. The molecule has 114 valence electrons. The van der Waals surface area contributed by atoms with Gasteiger partial charge in [0.2, 0.25) is 5.91 Å². The van der Waals surface area contributed by atoms with Crippen LogP contribution in [0.5, 0.6) is 0 Å². The second-order valence-corrected chi connectivity index (χ2v) is 7.21. The van der Waals surface area contributed by atoms with Gasteiger partial charge in [-0.25, -0.2) is 8.42 Å². The second-order valence-electron chi connectivity index (χ2n) is 4.58. The SMILES string of the molecule is O=C1Cc2cc(S(=O)(=O)NNC(=O)c3cccs3)ccc2N1. The highest BCUT2D eigenvalue weighted by Gasteiger charge is 2.22. The van der Waals surface area contributed by atoms with E-state index in [1.54, 1.807) is 17.5 Å². The van der Waals surface area contributed by atoms with Crippen molar-refractivity contribution in [2.75, 3.05) is 5.32 Å². The van der Waals surface area contributed by atoms with E-state index in [1.165, 1.54) is 29.5 Å². The van der Waals surface area contributed by atoms with Gasteiger partial charge in [0.25, 0.3) is 15.9 Å². The van der Waals surface area contributed by atoms with E-state index in [2.05, 4.69) is 10.7 Å². The van der Waals surface area contributed by atoms with Crippen LogP contribution in [0.3, 0.4) is 0 Å². The van der Waals surface area contributed by atoms with Crippen LogP contribution < -0.4 is 15.6 Å². The van der Waals surface area contributed by atoms with E-state index in [9.17, 15) is 18.0 Å². The molecule has 0 fully saturated rings. The van der Waals surface area contributed by atoms with E-state index < -0.39 is 15.9 Å². The summed E-state index contributed by atoms with van der Waals surface area (Å²) in [7, 11) is -3.90. The van der Waals surface area contributed by atoms with Gasteiger partial charge in [-0.05, 0) is 35.2 Å². The number of anilines is 1. The molecule has 3 rings (SSSR count). The van der Waals surface area contributed by atoms with Crippen LogP contribution in [0.15, 0.2) is 40.6 Å². The molecule has 0 unspecified atom stereocenters. The molecule has 0 radical (unpaired) electrons. The Hall–Kier alpha value is -2.23. The van der Waals surface area contributed by atoms with Crippen molar-refractivity contribution < 1.29 is 18.0 Å². The Morgan fingerprint density at radius 3 is 2.82 bits per heavy atom. The predicted molar refractivity (Wildman–Crippen MR) is 80.9 cm³/mol. The minimum atomic E-state index is -3.90. The summed E-state index contributed by atoms with van der Waals surface area (Å²) in [5, 5.41) is 4.34. The van der Waals surface area contributed by atoms with Crippen molar-refractivity contribution in [1.29, 1.82) is 0 Å². The number of fused-ring (bicyclic) bond motifs is 1. The fraction of sp³-hybridized carbons (Fsp3) is 0.0769. The van der Waals surface area contributed by atoms with Crippen LogP contribution in [0.1, 0.15) is 15.2 Å². The first kappa shape index (κ1) is 14.7. The van der Waals surface area contributed by atoms with Crippen LogP contribution in [0.25, 0.3) is 0 Å². The highest BCUT2D eigenvalue weighted by atomic mass is 32.2. The highest BCUT2D eigenvalue weighted by molar-refractivity contribution is 7.89. The number of nitrogens with one attached hydrogen (secondary N) is 3. The topological polar surface area (TPSA) is 104 Å². The minimum Gasteiger partial charge on any atom is -0.326 e. The molecule has 0 saturated heterocycles. The van der Waals surface area contributed by atoms with Crippen LogP contribution in [-0.4, -0.2) is 20.2 Å². The summed E-state index contributed by atoms with van der Waals surface area (Å²) >= 11 is 1.20. The molecule has 0 aliphatic carbocycles. The Morgan fingerprint density at radius 1 is 1.27 bits per heavy atom. The van der Waals surface area contributed by atoms with Gasteiger partial charge in [0.15, 0.2) is 0 Å². The number of rotatable bonds is 4. The Labute approximate surface area is 130 Å². The average molecular weight is 337 g/mol. The van der Waals surface area contributed by atoms with Crippen molar-refractivity contribution in [2.45, 2.75) is 11.3 Å². The third-order valence-electron chi connectivity index (χ3n) is 3.06. The third kappa shape index (κ3) is 2.86. The molecule has 2 amide bonds. The molecule has 0 saturated carbocycles. The van der Waals surface area contributed by atoms with Gasteiger partial charge in [0, 0.05) is 5.69 Å². The summed E-state index contributed by atoms with van der Waals surface area (Å²) in [6, 6.07) is 7.58. The van der Waals surface area contributed by atoms with Crippen molar-refractivity contribution in [3.05, 3.63) is 46.2 Å². The van der Waals surface area contributed by atoms with Crippen LogP contribution >= 0.6 is 11.3 Å². The third-order valence-corrected chi connectivity index (χ3v) is 5.17. The summed E-state index contributed by atoms with van der Waals surface area (Å²) in [6.07, 6.45) is 0.139. The number of sulfonamides is 1. The molecule has 1 aromatic carbocycles. The van der Waals surface area contributed by atoms with Crippen LogP contribution in [0.2, 0.25) is 0 Å². The summed E-state index contributed by atoms with van der Waals surface area (Å²) in [5.41, 5.74) is 3.36. The van der Waals surface area contributed by atoms with Gasteiger partial charge in [0.05, 0.1) is 16.2 Å². The number of benzene rings is 1. The maximum atomic E-state index is 12.2. The molecule has 2 aromatic rings. The molecule has 0 spiro atoms. The van der Waals surface area contributed by atoms with Gasteiger partial charge in [0.1, 0.15) is 0 Å². The van der Waals surface area contributed by atoms with Gasteiger partial charge >= 0.3 is 0 Å². The van der Waals surface area contributed by atoms with Crippen LogP contribution in [0.4, 0.5) is 5.69 Å². The first-order valence-electron chi connectivity index (χ1n) is 6.24. The summed E-state index contributed by atoms with van der Waals surface area (Å²) in [4.78, 5) is 25.4. The molecule has 3 N–H and O–H groups in total. The molecule has 1 aliphatic rings. The zero-order valence-corrected chi connectivity index (χ0v) is 12.8. The molecule has 9 heteroatoms. The zero-order chi connectivity index (χ0) is 15.7. The normalized spacial score (nSPS) is 13.5. The Bertz CT molecular complexity index is 844. The van der Waals surface area contributed by atoms with Crippen LogP contribution in [-0.2, 0) is 21.2 Å². The van der Waals surface area contributed by atoms with Crippen molar-refractivity contribution in [3.8, 4) is 0 Å². The molecule has 0 atom stereocenters. The van der Waals surface area contributed by atoms with E-state index in [0.717, 1.165) is 0 Å². The van der Waals surface area contributed by atoms with Crippen LogP contribution in [0, 0.1) is 0 Å². The summed E-state index contributed by atoms with van der Waals surface area (Å²) in [5.74, 6) is -0.708. The number of hydrogen-bond acceptors (Lipinski definition) is 5. The number of carbonyl (C=O) groups is 2. The predicted octanol–water partition coefficient (Wildman–Crippen LogP) is 0.866. The monoisotopic (exact) mass is 337 g/mol. The van der Waals surface area contributed by atoms with Crippen molar-refractivity contribution in [2.24, 2.45) is 0 Å². The quantitative estimate of drug-likeness (QED) is 0.720. The lowest BCUT2D eigenvalue weighted by Crippen LogP contribution is -2.41. The van der Waals surface area contributed by atoms with Gasteiger partial charge in [-0.15, -0.1) is 16.2 Å². The molecule has 1 aliphatic heterocycles. The average Bonchev–Trinajstić information content (AvgIpc) is 3.12. The molecular formula is C13H11N3O4S2. The smallest absolute Gasteiger partial charge is 0.276 e. The van der Waals surface area contributed by atoms with Gasteiger partial charge in [-0.1, -0.05) is 6.07 Å². The first-order chi connectivity index (χ1) is 10.5. The van der Waals surface area contributed by atoms with Crippen molar-refractivity contribution in [3.63, 3.8) is 0 Å². The molecule has 2 heterocycles. The molecule has 1 aromatic heterocycles. The fourth-order valence-corrected chi connectivity index (χ4v) is 3.52. The lowest BCUT2D eigenvalue weighted by atomic mass is 10.2. The maximum absolute atomic E-state index is 12.2. The number of hydrogen-bond donors (Lipinski definition) is 3. The Morgan fingerprint density at radius 2 is 2.09 bits per heavy atom. The number of amides is 2. The first-order valence-corrected chi connectivity index (χ1v) is 8.60. The summed E-state index contributed by atoms with van der Waals surface area (Å²) in [6.45, 7) is 0. The largest absolute Gasteiger partial charge is 0.326 e. The van der Waals surface area contributed by atoms with Gasteiger partial charge in [-0.2, -0.15) is 0 Å².